The van der Waals surface area contributed by atoms with Gasteiger partial charge in [0.25, 0.3) is 0 Å². The Morgan fingerprint density at radius 2 is 1.30 bits per heavy atom. The molecular formula is C25H44O2. The average Bonchev–Trinajstić information content (AvgIpc) is 2.68. The molecule has 0 heterocycles. The van der Waals surface area contributed by atoms with Gasteiger partial charge in [-0.1, -0.05) is 77.7 Å². The van der Waals surface area contributed by atoms with E-state index in [4.69, 9.17) is 0 Å². The van der Waals surface area contributed by atoms with Gasteiger partial charge in [-0.3, -0.25) is 9.59 Å². The van der Waals surface area contributed by atoms with Gasteiger partial charge in [-0.05, 0) is 44.9 Å². The smallest absolute Gasteiger partial charge is 0.139 e. The number of rotatable bonds is 18. The largest absolute Gasteiger partial charge is 0.299 e. The van der Waals surface area contributed by atoms with Gasteiger partial charge in [0.2, 0.25) is 0 Å². The second kappa shape index (κ2) is 17.0. The van der Waals surface area contributed by atoms with Gasteiger partial charge in [0.05, 0.1) is 0 Å². The topological polar surface area (TPSA) is 34.1 Å². The standard InChI is InChI=1S/C25H44O2/c1-5-9-10-14-17-20-23(26)21-18-15-12-11-13-16-19-22-24(27)25(6-2,7-3)8-4/h11-12,15,18H,5-10,13-14,16-17,19-22H2,1-4H3. The normalized spacial score (nSPS) is 12.3. The molecule has 0 rings (SSSR count). The molecule has 0 aliphatic heterocycles. The number of carbonyl (C=O) groups is 2. The van der Waals surface area contributed by atoms with E-state index in [2.05, 4.69) is 33.8 Å². The monoisotopic (exact) mass is 376 g/mol. The van der Waals surface area contributed by atoms with Crippen molar-refractivity contribution in [1.82, 2.24) is 0 Å². The third-order valence-corrected chi connectivity index (χ3v) is 5.93. The van der Waals surface area contributed by atoms with Crippen LogP contribution in [0.1, 0.15) is 118 Å². The van der Waals surface area contributed by atoms with E-state index in [0.29, 0.717) is 24.4 Å². The van der Waals surface area contributed by atoms with Crippen LogP contribution in [0.25, 0.3) is 0 Å². The van der Waals surface area contributed by atoms with Gasteiger partial charge in [-0.15, -0.1) is 0 Å². The van der Waals surface area contributed by atoms with Gasteiger partial charge in [0.1, 0.15) is 11.6 Å². The third-order valence-electron chi connectivity index (χ3n) is 5.93. The van der Waals surface area contributed by atoms with Crippen molar-refractivity contribution in [3.63, 3.8) is 0 Å². The van der Waals surface area contributed by atoms with Gasteiger partial charge >= 0.3 is 0 Å². The van der Waals surface area contributed by atoms with Gasteiger partial charge in [-0.2, -0.15) is 0 Å². The minimum absolute atomic E-state index is 0.0822. The number of hydrogen-bond acceptors (Lipinski definition) is 2. The van der Waals surface area contributed by atoms with E-state index >= 15 is 0 Å². The summed E-state index contributed by atoms with van der Waals surface area (Å²) in [6.45, 7) is 8.62. The van der Waals surface area contributed by atoms with E-state index < -0.39 is 0 Å². The van der Waals surface area contributed by atoms with Crippen LogP contribution in [0.5, 0.6) is 0 Å². The Bertz CT molecular complexity index is 433. The van der Waals surface area contributed by atoms with Crippen molar-refractivity contribution >= 4 is 11.6 Å². The first-order chi connectivity index (χ1) is 13.1. The highest BCUT2D eigenvalue weighted by Gasteiger charge is 2.31. The summed E-state index contributed by atoms with van der Waals surface area (Å²) in [5.74, 6) is 0.799. The van der Waals surface area contributed by atoms with Crippen LogP contribution < -0.4 is 0 Å². The Kier molecular flexibility index (Phi) is 16.2. The summed E-state index contributed by atoms with van der Waals surface area (Å²) >= 11 is 0. The minimum atomic E-state index is -0.0822. The molecule has 0 aromatic rings. The molecule has 0 aromatic carbocycles. The summed E-state index contributed by atoms with van der Waals surface area (Å²) in [6.07, 6.45) is 22.0. The van der Waals surface area contributed by atoms with Crippen LogP contribution in [0.3, 0.4) is 0 Å². The van der Waals surface area contributed by atoms with Crippen molar-refractivity contribution in [2.24, 2.45) is 5.41 Å². The van der Waals surface area contributed by atoms with E-state index in [0.717, 1.165) is 51.4 Å². The minimum Gasteiger partial charge on any atom is -0.299 e. The fourth-order valence-electron chi connectivity index (χ4n) is 3.64. The Morgan fingerprint density at radius 1 is 0.704 bits per heavy atom. The first kappa shape index (κ1) is 25.8. The van der Waals surface area contributed by atoms with Crippen LogP contribution in [-0.4, -0.2) is 11.6 Å². The predicted molar refractivity (Wildman–Crippen MR) is 118 cm³/mol. The number of hydrogen-bond donors (Lipinski definition) is 0. The molecule has 0 aliphatic rings. The number of carbonyl (C=O) groups excluding carboxylic acids is 2. The summed E-state index contributed by atoms with van der Waals surface area (Å²) in [4.78, 5) is 24.2. The number of Topliss-reactive ketones (excluding diaryl/α,β-unsaturated/α-hetero) is 2. The molecule has 2 heteroatoms. The maximum Gasteiger partial charge on any atom is 0.139 e. The molecule has 0 saturated heterocycles. The van der Waals surface area contributed by atoms with Crippen LogP contribution in [0, 0.1) is 5.41 Å². The average molecular weight is 377 g/mol. The summed E-state index contributed by atoms with van der Waals surface area (Å²) in [7, 11) is 0. The lowest BCUT2D eigenvalue weighted by Gasteiger charge is -2.28. The molecule has 0 aliphatic carbocycles. The first-order valence-corrected chi connectivity index (χ1v) is 11.4. The molecule has 0 bridgehead atoms. The molecule has 0 fully saturated rings. The SMILES string of the molecule is CCCCCCCC(=O)CC=CC=CCCCCC(=O)C(CC)(CC)CC. The molecule has 0 aromatic heterocycles. The summed E-state index contributed by atoms with van der Waals surface area (Å²) in [5.41, 5.74) is -0.0822. The maximum absolute atomic E-state index is 12.5. The zero-order valence-corrected chi connectivity index (χ0v) is 18.5. The molecule has 0 unspecified atom stereocenters. The Hall–Kier alpha value is -1.18. The molecule has 0 N–H and O–H groups in total. The van der Waals surface area contributed by atoms with Crippen LogP contribution >= 0.6 is 0 Å². The molecule has 0 atom stereocenters. The third kappa shape index (κ3) is 12.0. The molecule has 156 valence electrons. The van der Waals surface area contributed by atoms with Gasteiger partial charge < -0.3 is 0 Å². The summed E-state index contributed by atoms with van der Waals surface area (Å²) in [6, 6.07) is 0. The second-order valence-electron chi connectivity index (χ2n) is 7.77. The molecule has 0 spiro atoms. The molecule has 0 amide bonds. The molecule has 2 nitrogen and oxygen atoms in total. The molecule has 0 radical (unpaired) electrons. The van der Waals surface area contributed by atoms with Crippen LogP contribution in [0.15, 0.2) is 24.3 Å². The Morgan fingerprint density at radius 3 is 1.93 bits per heavy atom. The lowest BCUT2D eigenvalue weighted by Crippen LogP contribution is -2.29. The van der Waals surface area contributed by atoms with Gasteiger partial charge in [0.15, 0.2) is 0 Å². The van der Waals surface area contributed by atoms with Crippen molar-refractivity contribution in [2.75, 3.05) is 0 Å². The second-order valence-corrected chi connectivity index (χ2v) is 7.77. The highest BCUT2D eigenvalue weighted by molar-refractivity contribution is 5.84. The highest BCUT2D eigenvalue weighted by atomic mass is 16.1. The Balaban J connectivity index is 3.79. The van der Waals surface area contributed by atoms with Crippen molar-refractivity contribution in [3.8, 4) is 0 Å². The first-order valence-electron chi connectivity index (χ1n) is 11.4. The van der Waals surface area contributed by atoms with Gasteiger partial charge in [-0.25, -0.2) is 0 Å². The lowest BCUT2D eigenvalue weighted by atomic mass is 9.74. The van der Waals surface area contributed by atoms with Crippen molar-refractivity contribution in [2.45, 2.75) is 118 Å². The lowest BCUT2D eigenvalue weighted by molar-refractivity contribution is -0.129. The molecule has 0 saturated carbocycles. The number of allylic oxidation sites excluding steroid dienone is 4. The van der Waals surface area contributed by atoms with E-state index in [1.807, 2.05) is 18.2 Å². The van der Waals surface area contributed by atoms with Crippen molar-refractivity contribution < 1.29 is 9.59 Å². The van der Waals surface area contributed by atoms with Crippen molar-refractivity contribution in [3.05, 3.63) is 24.3 Å². The van der Waals surface area contributed by atoms with E-state index in [9.17, 15) is 9.59 Å². The van der Waals surface area contributed by atoms with Crippen LogP contribution in [0.4, 0.5) is 0 Å². The maximum atomic E-state index is 12.5. The molecular weight excluding hydrogens is 332 g/mol. The fourth-order valence-corrected chi connectivity index (χ4v) is 3.64. The van der Waals surface area contributed by atoms with E-state index in [1.54, 1.807) is 0 Å². The zero-order valence-electron chi connectivity index (χ0n) is 18.5. The number of ketones is 2. The van der Waals surface area contributed by atoms with E-state index in [1.165, 1.54) is 25.7 Å². The van der Waals surface area contributed by atoms with Crippen molar-refractivity contribution in [1.29, 1.82) is 0 Å². The fraction of sp³-hybridized carbons (Fsp3) is 0.760. The quantitative estimate of drug-likeness (QED) is 0.181. The molecule has 27 heavy (non-hydrogen) atoms. The Labute approximate surface area is 168 Å². The summed E-state index contributed by atoms with van der Waals surface area (Å²) in [5, 5.41) is 0. The van der Waals surface area contributed by atoms with Crippen LogP contribution in [-0.2, 0) is 9.59 Å². The highest BCUT2D eigenvalue weighted by Crippen LogP contribution is 2.33. The van der Waals surface area contributed by atoms with E-state index in [-0.39, 0.29) is 5.41 Å². The van der Waals surface area contributed by atoms with Crippen LogP contribution in [0.2, 0.25) is 0 Å². The summed E-state index contributed by atoms with van der Waals surface area (Å²) < 4.78 is 0. The zero-order chi connectivity index (χ0) is 20.4. The van der Waals surface area contributed by atoms with Gasteiger partial charge in [0, 0.05) is 24.7 Å². The number of unbranched alkanes of at least 4 members (excludes halogenated alkanes) is 6. The predicted octanol–water partition coefficient (Wildman–Crippen LogP) is 7.76.